The normalized spacial score (nSPS) is 14.9. The fraction of sp³-hybridized carbons (Fsp3) is 0.429. The van der Waals surface area contributed by atoms with E-state index in [4.69, 9.17) is 0 Å². The summed E-state index contributed by atoms with van der Waals surface area (Å²) in [7, 11) is 0. The first kappa shape index (κ1) is 19.8. The fourth-order valence-corrected chi connectivity index (χ4v) is 3.94. The molecule has 1 aliphatic carbocycles. The van der Waals surface area contributed by atoms with Crippen LogP contribution in [-0.4, -0.2) is 10.9 Å². The van der Waals surface area contributed by atoms with Crippen molar-refractivity contribution in [3.63, 3.8) is 0 Å². The number of H-pyrrole nitrogens is 1. The number of aryl methyl sites for hydroxylation is 2. The number of aromatic amines is 1. The Morgan fingerprint density at radius 2 is 2.07 bits per heavy atom. The molecule has 1 aromatic heterocycles. The third-order valence-corrected chi connectivity index (χ3v) is 6.10. The lowest BCUT2D eigenvalue weighted by atomic mass is 9.93. The van der Waals surface area contributed by atoms with Crippen LogP contribution >= 0.6 is 15.9 Å². The van der Waals surface area contributed by atoms with Crippen molar-refractivity contribution in [2.24, 2.45) is 5.92 Å². The van der Waals surface area contributed by atoms with Crippen LogP contribution in [0.5, 0.6) is 0 Å². The molecule has 6 heteroatoms. The Morgan fingerprint density at radius 1 is 1.37 bits per heavy atom. The Morgan fingerprint density at radius 3 is 2.70 bits per heavy atom. The van der Waals surface area contributed by atoms with Gasteiger partial charge in [-0.3, -0.25) is 9.59 Å². The van der Waals surface area contributed by atoms with Crippen LogP contribution < -0.4 is 10.9 Å². The van der Waals surface area contributed by atoms with Crippen molar-refractivity contribution in [1.82, 2.24) is 10.3 Å². The highest BCUT2D eigenvalue weighted by Gasteiger charge is 2.35. The van der Waals surface area contributed by atoms with E-state index in [1.54, 1.807) is 26.0 Å². The minimum atomic E-state index is -0.251. The largest absolute Gasteiger partial charge is 0.345 e. The molecule has 0 spiro atoms. The molecular formula is C21H24BrFN2O2. The highest BCUT2D eigenvalue weighted by Crippen LogP contribution is 2.42. The first-order valence-electron chi connectivity index (χ1n) is 9.31. The number of halogens is 2. The number of benzene rings is 1. The minimum Gasteiger partial charge on any atom is -0.345 e. The van der Waals surface area contributed by atoms with Gasteiger partial charge in [0.15, 0.2) is 0 Å². The summed E-state index contributed by atoms with van der Waals surface area (Å²) in [6.07, 6.45) is 3.77. The third-order valence-electron chi connectivity index (χ3n) is 5.15. The van der Waals surface area contributed by atoms with Crippen LogP contribution in [0.15, 0.2) is 27.5 Å². The van der Waals surface area contributed by atoms with Gasteiger partial charge in [0.25, 0.3) is 11.5 Å². The lowest BCUT2D eigenvalue weighted by molar-refractivity contribution is 0.0929. The highest BCUT2D eigenvalue weighted by atomic mass is 79.9. The number of hydrogen-bond donors (Lipinski definition) is 2. The SMILES string of the molecule is CCCc1cc(F)ccc1[C@@H](NC(=O)c1c(C)[nH]c(=O)c(Br)c1C)C1CC1. The van der Waals surface area contributed by atoms with Gasteiger partial charge in [0, 0.05) is 5.69 Å². The number of carbonyl (C=O) groups excluding carboxylic acids is 1. The predicted octanol–water partition coefficient (Wildman–Crippen LogP) is 4.73. The predicted molar refractivity (Wildman–Crippen MR) is 108 cm³/mol. The Labute approximate surface area is 166 Å². The molecule has 1 saturated carbocycles. The van der Waals surface area contributed by atoms with Gasteiger partial charge in [0.2, 0.25) is 0 Å². The summed E-state index contributed by atoms with van der Waals surface area (Å²) >= 11 is 3.26. The molecule has 0 unspecified atom stereocenters. The van der Waals surface area contributed by atoms with Crippen LogP contribution in [0.1, 0.15) is 65.0 Å². The van der Waals surface area contributed by atoms with Gasteiger partial charge in [-0.2, -0.15) is 0 Å². The maximum atomic E-state index is 13.7. The lowest BCUT2D eigenvalue weighted by Crippen LogP contribution is -2.32. The smallest absolute Gasteiger partial charge is 0.262 e. The van der Waals surface area contributed by atoms with Crippen LogP contribution in [-0.2, 0) is 6.42 Å². The summed E-state index contributed by atoms with van der Waals surface area (Å²) in [4.78, 5) is 27.7. The summed E-state index contributed by atoms with van der Waals surface area (Å²) in [5, 5.41) is 3.15. The Kier molecular flexibility index (Phi) is 5.84. The van der Waals surface area contributed by atoms with Crippen molar-refractivity contribution >= 4 is 21.8 Å². The molecule has 4 nitrogen and oxygen atoms in total. The van der Waals surface area contributed by atoms with Gasteiger partial charge in [-0.15, -0.1) is 0 Å². The van der Waals surface area contributed by atoms with Gasteiger partial charge < -0.3 is 10.3 Å². The van der Waals surface area contributed by atoms with Gasteiger partial charge in [-0.05, 0) is 83.8 Å². The van der Waals surface area contributed by atoms with Gasteiger partial charge in [-0.1, -0.05) is 19.4 Å². The average molecular weight is 435 g/mol. The number of amides is 1. The van der Waals surface area contributed by atoms with E-state index in [0.717, 1.165) is 36.8 Å². The molecule has 1 amide bonds. The van der Waals surface area contributed by atoms with Gasteiger partial charge in [0.1, 0.15) is 5.82 Å². The van der Waals surface area contributed by atoms with Crippen LogP contribution in [0, 0.1) is 25.6 Å². The second-order valence-electron chi connectivity index (χ2n) is 7.27. The Hall–Kier alpha value is -1.95. The second kappa shape index (κ2) is 7.97. The van der Waals surface area contributed by atoms with Crippen LogP contribution in [0.4, 0.5) is 4.39 Å². The van der Waals surface area contributed by atoms with Gasteiger partial charge in [-0.25, -0.2) is 4.39 Å². The summed E-state index contributed by atoms with van der Waals surface area (Å²) in [5.41, 5.74) is 3.34. The van der Waals surface area contributed by atoms with E-state index < -0.39 is 0 Å². The van der Waals surface area contributed by atoms with Crippen LogP contribution in [0.25, 0.3) is 0 Å². The highest BCUT2D eigenvalue weighted by molar-refractivity contribution is 9.10. The molecule has 1 heterocycles. The van der Waals surface area contributed by atoms with Crippen LogP contribution in [0.2, 0.25) is 0 Å². The van der Waals surface area contributed by atoms with Crippen molar-refractivity contribution < 1.29 is 9.18 Å². The molecule has 0 radical (unpaired) electrons. The number of rotatable bonds is 6. The molecule has 144 valence electrons. The molecule has 2 N–H and O–H groups in total. The van der Waals surface area contributed by atoms with Crippen molar-refractivity contribution in [3.05, 3.63) is 66.8 Å². The Bertz CT molecular complexity index is 935. The standard InChI is InChI=1S/C21H24BrFN2O2/c1-4-5-14-10-15(23)8-9-16(14)19(13-6-7-13)25-20(26)17-11(2)18(22)21(27)24-12(17)3/h8-10,13,19H,4-7H2,1-3H3,(H,24,27)(H,25,26)/t19-/m0/s1. The van der Waals surface area contributed by atoms with Crippen molar-refractivity contribution in [2.45, 2.75) is 52.5 Å². The third kappa shape index (κ3) is 4.15. The van der Waals surface area contributed by atoms with E-state index in [-0.39, 0.29) is 23.3 Å². The molecule has 0 bridgehead atoms. The van der Waals surface area contributed by atoms with Crippen molar-refractivity contribution in [3.8, 4) is 0 Å². The molecule has 3 rings (SSSR count). The van der Waals surface area contributed by atoms with E-state index in [0.29, 0.717) is 27.2 Å². The summed E-state index contributed by atoms with van der Waals surface area (Å²) in [6, 6.07) is 4.69. The molecule has 1 fully saturated rings. The quantitative estimate of drug-likeness (QED) is 0.690. The second-order valence-corrected chi connectivity index (χ2v) is 8.07. The molecule has 0 aliphatic heterocycles. The molecule has 0 saturated heterocycles. The van der Waals surface area contributed by atoms with E-state index in [9.17, 15) is 14.0 Å². The first-order chi connectivity index (χ1) is 12.8. The maximum absolute atomic E-state index is 13.7. The number of aromatic nitrogens is 1. The summed E-state index contributed by atoms with van der Waals surface area (Å²) in [6.45, 7) is 5.54. The van der Waals surface area contributed by atoms with Gasteiger partial charge >= 0.3 is 0 Å². The minimum absolute atomic E-state index is 0.149. The van der Waals surface area contributed by atoms with Crippen molar-refractivity contribution in [1.29, 1.82) is 0 Å². The van der Waals surface area contributed by atoms with Crippen LogP contribution in [0.3, 0.4) is 0 Å². The van der Waals surface area contributed by atoms with E-state index in [1.807, 2.05) is 0 Å². The Balaban J connectivity index is 1.97. The molecule has 1 atom stereocenters. The summed E-state index contributed by atoms with van der Waals surface area (Å²) < 4.78 is 14.1. The zero-order valence-corrected chi connectivity index (χ0v) is 17.4. The van der Waals surface area contributed by atoms with E-state index >= 15 is 0 Å². The molecule has 27 heavy (non-hydrogen) atoms. The van der Waals surface area contributed by atoms with Crippen molar-refractivity contribution in [2.75, 3.05) is 0 Å². The summed E-state index contributed by atoms with van der Waals surface area (Å²) in [5.74, 6) is -0.105. The number of carbonyl (C=O) groups is 1. The molecule has 1 aliphatic rings. The molecule has 2 aromatic rings. The van der Waals surface area contributed by atoms with E-state index in [2.05, 4.69) is 33.2 Å². The zero-order chi connectivity index (χ0) is 19.7. The number of nitrogens with one attached hydrogen (secondary N) is 2. The van der Waals surface area contributed by atoms with E-state index in [1.165, 1.54) is 6.07 Å². The maximum Gasteiger partial charge on any atom is 0.262 e. The molecular weight excluding hydrogens is 411 g/mol. The average Bonchev–Trinajstić information content (AvgIpc) is 3.43. The number of pyridine rings is 1. The number of hydrogen-bond acceptors (Lipinski definition) is 2. The zero-order valence-electron chi connectivity index (χ0n) is 15.8. The monoisotopic (exact) mass is 434 g/mol. The lowest BCUT2D eigenvalue weighted by Gasteiger charge is -2.23. The first-order valence-corrected chi connectivity index (χ1v) is 10.1. The van der Waals surface area contributed by atoms with Gasteiger partial charge in [0.05, 0.1) is 16.1 Å². The molecule has 1 aromatic carbocycles. The fourth-order valence-electron chi connectivity index (χ4n) is 3.65. The topological polar surface area (TPSA) is 62.0 Å².